The minimum Gasteiger partial charge on any atom is -0.383 e. The van der Waals surface area contributed by atoms with Gasteiger partial charge in [-0.3, -0.25) is 4.79 Å². The minimum absolute atomic E-state index is 0.106. The van der Waals surface area contributed by atoms with Gasteiger partial charge in [-0.2, -0.15) is 0 Å². The molecule has 0 aromatic rings. The molecule has 3 N–H and O–H groups in total. The summed E-state index contributed by atoms with van der Waals surface area (Å²) in [6.45, 7) is 1.17. The summed E-state index contributed by atoms with van der Waals surface area (Å²) in [5, 5.41) is 2.83. The second kappa shape index (κ2) is 6.80. The van der Waals surface area contributed by atoms with E-state index < -0.39 is 0 Å². The van der Waals surface area contributed by atoms with E-state index in [1.165, 1.54) is 12.8 Å². The second-order valence-electron chi connectivity index (χ2n) is 4.26. The third-order valence-electron chi connectivity index (χ3n) is 3.04. The number of hydrogen-bond donors (Lipinski definition) is 2. The molecule has 4 nitrogen and oxygen atoms in total. The van der Waals surface area contributed by atoms with Crippen LogP contribution in [0, 0.1) is 5.92 Å². The Bertz CT molecular complexity index is 197. The smallest absolute Gasteiger partial charge is 0.220 e. The molecule has 88 valence electrons. The lowest BCUT2D eigenvalue weighted by atomic mass is 9.83. The largest absolute Gasteiger partial charge is 0.383 e. The van der Waals surface area contributed by atoms with Crippen LogP contribution >= 0.6 is 0 Å². The molecule has 1 aliphatic rings. The van der Waals surface area contributed by atoms with E-state index in [0.717, 1.165) is 12.8 Å². The van der Waals surface area contributed by atoms with Crippen molar-refractivity contribution in [2.45, 2.75) is 38.1 Å². The van der Waals surface area contributed by atoms with E-state index in [0.29, 0.717) is 25.5 Å². The maximum atomic E-state index is 11.5. The number of methoxy groups -OCH3 is 1. The summed E-state index contributed by atoms with van der Waals surface area (Å²) in [5.41, 5.74) is 5.98. The number of nitrogens with two attached hydrogens (primary N) is 1. The fraction of sp³-hybridized carbons (Fsp3) is 0.909. The lowest BCUT2D eigenvalue weighted by Crippen LogP contribution is -2.37. The highest BCUT2D eigenvalue weighted by atomic mass is 16.5. The molecule has 1 rings (SSSR count). The predicted octanol–water partition coefficient (Wildman–Crippen LogP) is 0.657. The molecule has 0 bridgehead atoms. The highest BCUT2D eigenvalue weighted by Gasteiger charge is 2.23. The number of hydrogen-bond acceptors (Lipinski definition) is 3. The first-order chi connectivity index (χ1) is 7.24. The molecular formula is C11H22N2O2. The van der Waals surface area contributed by atoms with Gasteiger partial charge in [-0.25, -0.2) is 0 Å². The first kappa shape index (κ1) is 12.5. The molecule has 0 saturated heterocycles. The van der Waals surface area contributed by atoms with Crippen molar-refractivity contribution in [1.82, 2.24) is 5.32 Å². The SMILES string of the molecule is COCCNC(=O)CC1CCCCC1N. The van der Waals surface area contributed by atoms with Crippen molar-refractivity contribution in [3.05, 3.63) is 0 Å². The van der Waals surface area contributed by atoms with Gasteiger partial charge in [0, 0.05) is 26.1 Å². The summed E-state index contributed by atoms with van der Waals surface area (Å²) in [7, 11) is 1.63. The molecule has 0 aromatic heterocycles. The summed E-state index contributed by atoms with van der Waals surface area (Å²) in [6, 6.07) is 0.215. The Labute approximate surface area is 91.5 Å². The van der Waals surface area contributed by atoms with Crippen molar-refractivity contribution < 1.29 is 9.53 Å². The Morgan fingerprint density at radius 3 is 2.87 bits per heavy atom. The molecule has 0 aliphatic heterocycles. The van der Waals surface area contributed by atoms with Crippen LogP contribution in [-0.4, -0.2) is 32.2 Å². The molecule has 15 heavy (non-hydrogen) atoms. The summed E-state index contributed by atoms with van der Waals surface area (Å²) in [5.74, 6) is 0.482. The summed E-state index contributed by atoms with van der Waals surface area (Å²) < 4.78 is 4.86. The average Bonchev–Trinajstić information content (AvgIpc) is 2.22. The van der Waals surface area contributed by atoms with E-state index >= 15 is 0 Å². The first-order valence-electron chi connectivity index (χ1n) is 5.75. The molecule has 0 radical (unpaired) electrons. The van der Waals surface area contributed by atoms with Gasteiger partial charge in [0.15, 0.2) is 0 Å². The van der Waals surface area contributed by atoms with Crippen molar-refractivity contribution in [3.63, 3.8) is 0 Å². The van der Waals surface area contributed by atoms with Gasteiger partial charge in [0.25, 0.3) is 0 Å². The second-order valence-corrected chi connectivity index (χ2v) is 4.26. The monoisotopic (exact) mass is 214 g/mol. The summed E-state index contributed by atoms with van der Waals surface area (Å²) in [4.78, 5) is 11.5. The fourth-order valence-corrected chi connectivity index (χ4v) is 2.09. The number of nitrogens with one attached hydrogen (secondary N) is 1. The maximum Gasteiger partial charge on any atom is 0.220 e. The van der Waals surface area contributed by atoms with Crippen LogP contribution in [0.3, 0.4) is 0 Å². The molecule has 4 heteroatoms. The van der Waals surface area contributed by atoms with Crippen LogP contribution in [0.5, 0.6) is 0 Å². The quantitative estimate of drug-likeness (QED) is 0.661. The van der Waals surface area contributed by atoms with Crippen molar-refractivity contribution in [2.75, 3.05) is 20.3 Å². The zero-order valence-corrected chi connectivity index (χ0v) is 9.50. The number of amides is 1. The molecular weight excluding hydrogens is 192 g/mol. The van der Waals surface area contributed by atoms with Crippen molar-refractivity contribution >= 4 is 5.91 Å². The van der Waals surface area contributed by atoms with Crippen LogP contribution < -0.4 is 11.1 Å². The van der Waals surface area contributed by atoms with Gasteiger partial charge >= 0.3 is 0 Å². The molecule has 0 spiro atoms. The van der Waals surface area contributed by atoms with E-state index in [-0.39, 0.29) is 11.9 Å². The van der Waals surface area contributed by atoms with E-state index in [1.54, 1.807) is 7.11 Å². The number of ether oxygens (including phenoxy) is 1. The lowest BCUT2D eigenvalue weighted by Gasteiger charge is -2.27. The predicted molar refractivity (Wildman–Crippen MR) is 59.4 cm³/mol. The van der Waals surface area contributed by atoms with Crippen LogP contribution in [-0.2, 0) is 9.53 Å². The van der Waals surface area contributed by atoms with Crippen LogP contribution in [0.2, 0.25) is 0 Å². The van der Waals surface area contributed by atoms with Gasteiger partial charge in [-0.1, -0.05) is 12.8 Å². The molecule has 1 saturated carbocycles. The van der Waals surface area contributed by atoms with Crippen LogP contribution in [0.25, 0.3) is 0 Å². The molecule has 0 heterocycles. The van der Waals surface area contributed by atoms with Gasteiger partial charge in [0.1, 0.15) is 0 Å². The van der Waals surface area contributed by atoms with Crippen molar-refractivity contribution in [1.29, 1.82) is 0 Å². The summed E-state index contributed by atoms with van der Waals surface area (Å²) in [6.07, 6.45) is 5.16. The van der Waals surface area contributed by atoms with E-state index in [2.05, 4.69) is 5.32 Å². The third-order valence-corrected chi connectivity index (χ3v) is 3.04. The fourth-order valence-electron chi connectivity index (χ4n) is 2.09. The number of carbonyl (C=O) groups excluding carboxylic acids is 1. The van der Waals surface area contributed by atoms with E-state index in [1.807, 2.05) is 0 Å². The van der Waals surface area contributed by atoms with Gasteiger partial charge < -0.3 is 15.8 Å². The first-order valence-corrected chi connectivity index (χ1v) is 5.75. The normalized spacial score (nSPS) is 26.3. The minimum atomic E-state index is 0.106. The Hall–Kier alpha value is -0.610. The lowest BCUT2D eigenvalue weighted by molar-refractivity contribution is -0.122. The van der Waals surface area contributed by atoms with E-state index in [4.69, 9.17) is 10.5 Å². The molecule has 2 unspecified atom stereocenters. The zero-order chi connectivity index (χ0) is 11.1. The highest BCUT2D eigenvalue weighted by molar-refractivity contribution is 5.76. The van der Waals surface area contributed by atoms with Gasteiger partial charge in [-0.15, -0.1) is 0 Å². The standard InChI is InChI=1S/C11H22N2O2/c1-15-7-6-13-11(14)8-9-4-2-3-5-10(9)12/h9-10H,2-8,12H2,1H3,(H,13,14). The van der Waals surface area contributed by atoms with Crippen molar-refractivity contribution in [2.24, 2.45) is 11.7 Å². The molecule has 1 aliphatic carbocycles. The van der Waals surface area contributed by atoms with E-state index in [9.17, 15) is 4.79 Å². The Balaban J connectivity index is 2.18. The van der Waals surface area contributed by atoms with Gasteiger partial charge in [0.05, 0.1) is 6.61 Å². The van der Waals surface area contributed by atoms with Gasteiger partial charge in [-0.05, 0) is 18.8 Å². The Kier molecular flexibility index (Phi) is 5.65. The zero-order valence-electron chi connectivity index (χ0n) is 9.50. The van der Waals surface area contributed by atoms with Crippen molar-refractivity contribution in [3.8, 4) is 0 Å². The van der Waals surface area contributed by atoms with Crippen LogP contribution in [0.4, 0.5) is 0 Å². The number of carbonyl (C=O) groups is 1. The Morgan fingerprint density at radius 2 is 2.20 bits per heavy atom. The van der Waals surface area contributed by atoms with Crippen LogP contribution in [0.1, 0.15) is 32.1 Å². The average molecular weight is 214 g/mol. The number of rotatable bonds is 5. The summed E-state index contributed by atoms with van der Waals surface area (Å²) >= 11 is 0. The van der Waals surface area contributed by atoms with Crippen LogP contribution in [0.15, 0.2) is 0 Å². The van der Waals surface area contributed by atoms with Gasteiger partial charge in [0.2, 0.25) is 5.91 Å². The molecule has 0 aromatic carbocycles. The highest BCUT2D eigenvalue weighted by Crippen LogP contribution is 2.25. The third kappa shape index (κ3) is 4.62. The molecule has 2 atom stereocenters. The maximum absolute atomic E-state index is 11.5. The molecule has 1 fully saturated rings. The topological polar surface area (TPSA) is 64.3 Å². The Morgan fingerprint density at radius 1 is 1.47 bits per heavy atom. The molecule has 1 amide bonds.